The van der Waals surface area contributed by atoms with Crippen molar-refractivity contribution < 1.29 is 9.53 Å². The number of nitrogens with zero attached hydrogens (tertiary/aromatic N) is 3. The minimum absolute atomic E-state index is 0.0576. The van der Waals surface area contributed by atoms with Gasteiger partial charge < -0.3 is 4.74 Å². The maximum atomic E-state index is 12.5. The van der Waals surface area contributed by atoms with E-state index in [4.69, 9.17) is 14.7 Å². The zero-order valence-electron chi connectivity index (χ0n) is 23.2. The van der Waals surface area contributed by atoms with Crippen molar-refractivity contribution in [2.24, 2.45) is 0 Å². The molecule has 0 radical (unpaired) electrons. The topological polar surface area (TPSA) is 75.9 Å². The number of thiazole rings is 1. The summed E-state index contributed by atoms with van der Waals surface area (Å²) in [4.78, 5) is 22.4. The first-order valence-electron chi connectivity index (χ1n) is 13.9. The standard InChI is InChI=1S/C32H39N3O2S/c1-5-37-31(36)18-24(28-19-25(32(2,3)4)15-13-23(28)20-33)17-27-21-38-30(35-27)12-8-10-26-16-14-22-9-6-7-11-29(22)34-26/h13-16,19,21,24H,5-12,17-18H2,1-4H3. The van der Waals surface area contributed by atoms with Crippen LogP contribution in [0.25, 0.3) is 0 Å². The monoisotopic (exact) mass is 529 g/mol. The Balaban J connectivity index is 1.46. The number of benzene rings is 1. The van der Waals surface area contributed by atoms with Gasteiger partial charge in [0, 0.05) is 22.7 Å². The molecule has 2 heterocycles. The summed E-state index contributed by atoms with van der Waals surface area (Å²) in [6.07, 6.45) is 8.51. The predicted octanol–water partition coefficient (Wildman–Crippen LogP) is 7.04. The molecule has 38 heavy (non-hydrogen) atoms. The van der Waals surface area contributed by atoms with E-state index in [0.717, 1.165) is 53.9 Å². The Morgan fingerprint density at radius 1 is 1.11 bits per heavy atom. The number of carbonyl (C=O) groups is 1. The third-order valence-electron chi connectivity index (χ3n) is 7.31. The van der Waals surface area contributed by atoms with E-state index in [-0.39, 0.29) is 23.7 Å². The minimum Gasteiger partial charge on any atom is -0.466 e. The van der Waals surface area contributed by atoms with Crippen molar-refractivity contribution in [3.05, 3.63) is 80.1 Å². The van der Waals surface area contributed by atoms with Gasteiger partial charge in [-0.15, -0.1) is 11.3 Å². The van der Waals surface area contributed by atoms with Crippen LogP contribution in [-0.2, 0) is 47.1 Å². The molecule has 1 aliphatic carbocycles. The fourth-order valence-electron chi connectivity index (χ4n) is 5.18. The molecule has 5 nitrogen and oxygen atoms in total. The van der Waals surface area contributed by atoms with E-state index in [1.54, 1.807) is 11.3 Å². The molecule has 6 heteroatoms. The molecule has 0 N–H and O–H groups in total. The van der Waals surface area contributed by atoms with Gasteiger partial charge in [0.2, 0.25) is 0 Å². The summed E-state index contributed by atoms with van der Waals surface area (Å²) in [6.45, 7) is 8.64. The highest BCUT2D eigenvalue weighted by atomic mass is 32.1. The molecule has 0 bridgehead atoms. The Kier molecular flexibility index (Phi) is 9.33. The van der Waals surface area contributed by atoms with Gasteiger partial charge in [0.15, 0.2) is 0 Å². The number of hydrogen-bond acceptors (Lipinski definition) is 6. The van der Waals surface area contributed by atoms with Gasteiger partial charge in [-0.05, 0) is 92.5 Å². The largest absolute Gasteiger partial charge is 0.466 e. The molecule has 4 rings (SSSR count). The molecule has 0 saturated heterocycles. The van der Waals surface area contributed by atoms with Crippen LogP contribution >= 0.6 is 11.3 Å². The molecule has 0 aliphatic heterocycles. The fraction of sp³-hybridized carbons (Fsp3) is 0.500. The normalized spacial score (nSPS) is 14.0. The van der Waals surface area contributed by atoms with Crippen LogP contribution in [0.5, 0.6) is 0 Å². The van der Waals surface area contributed by atoms with Crippen LogP contribution in [0.4, 0.5) is 0 Å². The number of hydrogen-bond donors (Lipinski definition) is 0. The third-order valence-corrected chi connectivity index (χ3v) is 8.27. The highest BCUT2D eigenvalue weighted by Gasteiger charge is 2.24. The summed E-state index contributed by atoms with van der Waals surface area (Å²) in [6, 6.07) is 12.8. The highest BCUT2D eigenvalue weighted by Crippen LogP contribution is 2.33. The van der Waals surface area contributed by atoms with Crippen LogP contribution in [-0.4, -0.2) is 22.5 Å². The number of carbonyl (C=O) groups excluding carboxylic acids is 1. The summed E-state index contributed by atoms with van der Waals surface area (Å²) >= 11 is 1.68. The molecule has 0 spiro atoms. The van der Waals surface area contributed by atoms with E-state index in [9.17, 15) is 10.1 Å². The number of nitriles is 1. The Hall–Kier alpha value is -3.04. The Morgan fingerprint density at radius 3 is 2.68 bits per heavy atom. The second-order valence-electron chi connectivity index (χ2n) is 11.3. The maximum absolute atomic E-state index is 12.5. The lowest BCUT2D eigenvalue weighted by Crippen LogP contribution is -2.16. The smallest absolute Gasteiger partial charge is 0.306 e. The minimum atomic E-state index is -0.240. The molecule has 3 aromatic rings. The van der Waals surface area contributed by atoms with Crippen LogP contribution in [0, 0.1) is 11.3 Å². The summed E-state index contributed by atoms with van der Waals surface area (Å²) in [5, 5.41) is 13.0. The molecule has 1 atom stereocenters. The first kappa shape index (κ1) is 28.0. The Bertz CT molecular complexity index is 1300. The van der Waals surface area contributed by atoms with E-state index in [1.807, 2.05) is 19.1 Å². The third kappa shape index (κ3) is 7.29. The molecular formula is C32H39N3O2S. The van der Waals surface area contributed by atoms with Gasteiger partial charge in [0.05, 0.1) is 35.4 Å². The second-order valence-corrected chi connectivity index (χ2v) is 12.2. The Morgan fingerprint density at radius 2 is 1.92 bits per heavy atom. The fourth-order valence-corrected chi connectivity index (χ4v) is 6.03. The lowest BCUT2D eigenvalue weighted by molar-refractivity contribution is -0.143. The SMILES string of the molecule is CCOC(=O)CC(Cc1csc(CCCc2ccc3c(n2)CCCC3)n1)c1cc(C(C)(C)C)ccc1C#N. The second kappa shape index (κ2) is 12.7. The van der Waals surface area contributed by atoms with Crippen LogP contribution in [0.2, 0.25) is 0 Å². The van der Waals surface area contributed by atoms with Gasteiger partial charge in [0.25, 0.3) is 0 Å². The van der Waals surface area contributed by atoms with Crippen molar-refractivity contribution in [3.8, 4) is 6.07 Å². The summed E-state index contributed by atoms with van der Waals surface area (Å²) in [5.41, 5.74) is 7.48. The zero-order chi connectivity index (χ0) is 27.1. The zero-order valence-corrected chi connectivity index (χ0v) is 24.0. The summed E-state index contributed by atoms with van der Waals surface area (Å²) < 4.78 is 5.29. The van der Waals surface area contributed by atoms with Crippen molar-refractivity contribution >= 4 is 17.3 Å². The lowest BCUT2D eigenvalue weighted by atomic mass is 9.81. The first-order chi connectivity index (χ1) is 18.3. The number of fused-ring (bicyclic) bond motifs is 1. The van der Waals surface area contributed by atoms with Gasteiger partial charge in [-0.3, -0.25) is 9.78 Å². The van der Waals surface area contributed by atoms with Crippen LogP contribution in [0.1, 0.15) is 104 Å². The van der Waals surface area contributed by atoms with Gasteiger partial charge in [0.1, 0.15) is 0 Å². The number of pyridine rings is 1. The molecule has 0 amide bonds. The molecule has 1 aromatic carbocycles. The molecule has 0 fully saturated rings. The van der Waals surface area contributed by atoms with Crippen molar-refractivity contribution in [1.82, 2.24) is 9.97 Å². The number of rotatable bonds is 10. The number of aryl methyl sites for hydroxylation is 4. The molecular weight excluding hydrogens is 490 g/mol. The highest BCUT2D eigenvalue weighted by molar-refractivity contribution is 7.09. The van der Waals surface area contributed by atoms with E-state index in [0.29, 0.717) is 18.6 Å². The Labute approximate surface area is 231 Å². The summed E-state index contributed by atoms with van der Waals surface area (Å²) in [7, 11) is 0. The van der Waals surface area contributed by atoms with Gasteiger partial charge in [-0.1, -0.05) is 39.0 Å². The van der Waals surface area contributed by atoms with Gasteiger partial charge in [-0.25, -0.2) is 4.98 Å². The van der Waals surface area contributed by atoms with E-state index < -0.39 is 0 Å². The average molecular weight is 530 g/mol. The summed E-state index contributed by atoms with van der Waals surface area (Å²) in [5.74, 6) is -0.406. The molecule has 1 unspecified atom stereocenters. The van der Waals surface area contributed by atoms with Crippen molar-refractivity contribution in [2.45, 2.75) is 96.8 Å². The average Bonchev–Trinajstić information content (AvgIpc) is 3.34. The van der Waals surface area contributed by atoms with Crippen molar-refractivity contribution in [2.75, 3.05) is 6.61 Å². The predicted molar refractivity (Wildman–Crippen MR) is 153 cm³/mol. The van der Waals surface area contributed by atoms with Crippen LogP contribution in [0.15, 0.2) is 35.7 Å². The number of esters is 1. The molecule has 0 saturated carbocycles. The quantitative estimate of drug-likeness (QED) is 0.263. The van der Waals surface area contributed by atoms with E-state index in [2.05, 4.69) is 50.4 Å². The van der Waals surface area contributed by atoms with Crippen LogP contribution < -0.4 is 0 Å². The number of ether oxygens (including phenoxy) is 1. The van der Waals surface area contributed by atoms with Crippen molar-refractivity contribution in [3.63, 3.8) is 0 Å². The molecule has 1 aliphatic rings. The lowest BCUT2D eigenvalue weighted by Gasteiger charge is -2.23. The maximum Gasteiger partial charge on any atom is 0.306 e. The first-order valence-corrected chi connectivity index (χ1v) is 14.8. The van der Waals surface area contributed by atoms with E-state index >= 15 is 0 Å². The van der Waals surface area contributed by atoms with Crippen molar-refractivity contribution in [1.29, 1.82) is 5.26 Å². The molecule has 200 valence electrons. The van der Waals surface area contributed by atoms with Crippen LogP contribution in [0.3, 0.4) is 0 Å². The number of aromatic nitrogens is 2. The van der Waals surface area contributed by atoms with Gasteiger partial charge >= 0.3 is 5.97 Å². The van der Waals surface area contributed by atoms with Gasteiger partial charge in [-0.2, -0.15) is 5.26 Å². The van der Waals surface area contributed by atoms with E-state index in [1.165, 1.54) is 29.8 Å². The molecule has 2 aromatic heterocycles.